The number of aliphatic carboxylic acids is 2. The van der Waals surface area contributed by atoms with Crippen LogP contribution in [0.1, 0.15) is 44.9 Å². The van der Waals surface area contributed by atoms with Crippen LogP contribution in [-0.2, 0) is 14.4 Å². The van der Waals surface area contributed by atoms with Gasteiger partial charge in [0, 0.05) is 19.4 Å². The van der Waals surface area contributed by atoms with Gasteiger partial charge in [0.05, 0.1) is 0 Å². The van der Waals surface area contributed by atoms with Crippen LogP contribution in [0.3, 0.4) is 0 Å². The summed E-state index contributed by atoms with van der Waals surface area (Å²) in [4.78, 5) is 36.7. The molecular weight excluding hydrogens is 292 g/mol. The first-order valence-electron chi connectivity index (χ1n) is 7.12. The van der Waals surface area contributed by atoms with Gasteiger partial charge in [-0.25, -0.2) is 4.79 Å². The van der Waals surface area contributed by atoms with Crippen molar-refractivity contribution in [2.75, 3.05) is 6.54 Å². The van der Waals surface area contributed by atoms with Gasteiger partial charge >= 0.3 is 11.9 Å². The van der Waals surface area contributed by atoms with E-state index in [2.05, 4.69) is 10.3 Å². The van der Waals surface area contributed by atoms with Crippen LogP contribution < -0.4 is 16.8 Å². The Morgan fingerprint density at radius 2 is 1.64 bits per heavy atom. The highest BCUT2D eigenvalue weighted by Gasteiger charge is 2.18. The Kier molecular flexibility index (Phi) is 10.2. The zero-order valence-electron chi connectivity index (χ0n) is 12.5. The first kappa shape index (κ1) is 19.7. The van der Waals surface area contributed by atoms with Gasteiger partial charge < -0.3 is 27.0 Å². The molecule has 0 rings (SSSR count). The SMILES string of the molecule is NC(N)=NCCC[C@H](NC(=O)CCCCCC(=O)O)C(=O)O. The molecule has 0 heterocycles. The van der Waals surface area contributed by atoms with Crippen molar-refractivity contribution in [1.29, 1.82) is 0 Å². The Hall–Kier alpha value is -2.32. The number of unbranched alkanes of at least 4 members (excludes halogenated alkanes) is 2. The highest BCUT2D eigenvalue weighted by molar-refractivity contribution is 5.83. The van der Waals surface area contributed by atoms with Gasteiger partial charge in [-0.15, -0.1) is 0 Å². The van der Waals surface area contributed by atoms with Crippen LogP contribution >= 0.6 is 0 Å². The van der Waals surface area contributed by atoms with Crippen LogP contribution in [0.4, 0.5) is 0 Å². The fourth-order valence-corrected chi connectivity index (χ4v) is 1.77. The van der Waals surface area contributed by atoms with Crippen molar-refractivity contribution < 1.29 is 24.6 Å². The highest BCUT2D eigenvalue weighted by Crippen LogP contribution is 2.04. The fraction of sp³-hybridized carbons (Fsp3) is 0.692. The number of rotatable bonds is 12. The minimum atomic E-state index is -1.11. The normalized spacial score (nSPS) is 11.5. The molecule has 9 nitrogen and oxygen atoms in total. The van der Waals surface area contributed by atoms with Crippen molar-refractivity contribution in [3.05, 3.63) is 0 Å². The summed E-state index contributed by atoms with van der Waals surface area (Å²) >= 11 is 0. The van der Waals surface area contributed by atoms with Crippen molar-refractivity contribution in [2.24, 2.45) is 16.5 Å². The third-order valence-corrected chi connectivity index (χ3v) is 2.87. The largest absolute Gasteiger partial charge is 0.481 e. The minimum absolute atomic E-state index is 0.0581. The van der Waals surface area contributed by atoms with E-state index >= 15 is 0 Å². The van der Waals surface area contributed by atoms with Crippen molar-refractivity contribution >= 4 is 23.8 Å². The van der Waals surface area contributed by atoms with E-state index in [1.807, 2.05) is 0 Å². The summed E-state index contributed by atoms with van der Waals surface area (Å²) in [6.45, 7) is 0.303. The molecule has 126 valence electrons. The van der Waals surface area contributed by atoms with Crippen molar-refractivity contribution in [3.63, 3.8) is 0 Å². The lowest BCUT2D eigenvalue weighted by molar-refractivity contribution is -0.142. The standard InChI is InChI=1S/C13H24N4O5/c14-13(15)16-8-4-5-9(12(21)22)17-10(18)6-2-1-3-7-11(19)20/h9H,1-8H2,(H,17,18)(H,19,20)(H,21,22)(H4,14,15,16)/t9-/m0/s1. The molecule has 7 N–H and O–H groups in total. The molecule has 0 aliphatic heterocycles. The summed E-state index contributed by atoms with van der Waals surface area (Å²) in [6.07, 6.45) is 2.57. The van der Waals surface area contributed by atoms with E-state index in [0.29, 0.717) is 32.2 Å². The molecule has 0 aliphatic carbocycles. The number of nitrogens with zero attached hydrogens (tertiary/aromatic N) is 1. The quantitative estimate of drug-likeness (QED) is 0.186. The van der Waals surface area contributed by atoms with E-state index in [-0.39, 0.29) is 31.1 Å². The van der Waals surface area contributed by atoms with Crippen LogP contribution in [0, 0.1) is 0 Å². The average molecular weight is 316 g/mol. The summed E-state index contributed by atoms with van der Waals surface area (Å²) in [5.41, 5.74) is 10.3. The number of guanidine groups is 1. The van der Waals surface area contributed by atoms with Gasteiger partial charge in [-0.05, 0) is 25.7 Å². The molecule has 22 heavy (non-hydrogen) atoms. The van der Waals surface area contributed by atoms with Crippen LogP contribution in [-0.4, -0.2) is 46.6 Å². The summed E-state index contributed by atoms with van der Waals surface area (Å²) in [7, 11) is 0. The lowest BCUT2D eigenvalue weighted by Crippen LogP contribution is -2.40. The van der Waals surface area contributed by atoms with Crippen molar-refractivity contribution in [3.8, 4) is 0 Å². The highest BCUT2D eigenvalue weighted by atomic mass is 16.4. The van der Waals surface area contributed by atoms with Crippen LogP contribution in [0.2, 0.25) is 0 Å². The van der Waals surface area contributed by atoms with Gasteiger partial charge in [-0.2, -0.15) is 0 Å². The Balaban J connectivity index is 3.96. The van der Waals surface area contributed by atoms with Gasteiger partial charge in [0.15, 0.2) is 5.96 Å². The molecule has 0 unspecified atom stereocenters. The summed E-state index contributed by atoms with van der Waals surface area (Å²) in [5.74, 6) is -2.39. The van der Waals surface area contributed by atoms with Crippen LogP contribution in [0.5, 0.6) is 0 Å². The molecule has 0 fully saturated rings. The monoisotopic (exact) mass is 316 g/mol. The van der Waals surface area contributed by atoms with Crippen LogP contribution in [0.25, 0.3) is 0 Å². The molecule has 0 spiro atoms. The number of hydrogen-bond donors (Lipinski definition) is 5. The lowest BCUT2D eigenvalue weighted by Gasteiger charge is -2.14. The topological polar surface area (TPSA) is 168 Å². The summed E-state index contributed by atoms with van der Waals surface area (Å²) in [5, 5.41) is 19.9. The third-order valence-electron chi connectivity index (χ3n) is 2.87. The lowest BCUT2D eigenvalue weighted by atomic mass is 10.1. The number of aliphatic imine (C=N–C) groups is 1. The van der Waals surface area contributed by atoms with E-state index in [1.165, 1.54) is 0 Å². The van der Waals surface area contributed by atoms with E-state index < -0.39 is 18.0 Å². The van der Waals surface area contributed by atoms with Gasteiger partial charge in [-0.1, -0.05) is 6.42 Å². The number of carbonyl (C=O) groups is 3. The maximum absolute atomic E-state index is 11.6. The molecule has 9 heteroatoms. The zero-order chi connectivity index (χ0) is 17.0. The number of carboxylic acids is 2. The number of nitrogens with two attached hydrogens (primary N) is 2. The second-order valence-corrected chi connectivity index (χ2v) is 4.86. The van der Waals surface area contributed by atoms with Gasteiger partial charge in [0.2, 0.25) is 5.91 Å². The van der Waals surface area contributed by atoms with Crippen LogP contribution in [0.15, 0.2) is 4.99 Å². The summed E-state index contributed by atoms with van der Waals surface area (Å²) in [6, 6.07) is -0.972. The first-order valence-corrected chi connectivity index (χ1v) is 7.12. The fourth-order valence-electron chi connectivity index (χ4n) is 1.77. The second kappa shape index (κ2) is 11.4. The van der Waals surface area contributed by atoms with Crippen molar-refractivity contribution in [1.82, 2.24) is 5.32 Å². The maximum Gasteiger partial charge on any atom is 0.326 e. The third kappa shape index (κ3) is 11.5. The molecule has 0 aliphatic rings. The summed E-state index contributed by atoms with van der Waals surface area (Å²) < 4.78 is 0. The Morgan fingerprint density at radius 3 is 2.18 bits per heavy atom. The zero-order valence-corrected chi connectivity index (χ0v) is 12.5. The van der Waals surface area contributed by atoms with Crippen molar-refractivity contribution in [2.45, 2.75) is 51.0 Å². The molecule has 0 aromatic heterocycles. The average Bonchev–Trinajstić information content (AvgIpc) is 2.40. The first-order chi connectivity index (χ1) is 10.3. The van der Waals surface area contributed by atoms with E-state index in [4.69, 9.17) is 21.7 Å². The number of nitrogens with one attached hydrogen (secondary N) is 1. The van der Waals surface area contributed by atoms with Gasteiger partial charge in [-0.3, -0.25) is 14.6 Å². The number of carbonyl (C=O) groups excluding carboxylic acids is 1. The number of carboxylic acid groups (broad SMARTS) is 2. The molecule has 0 aromatic rings. The molecule has 0 aromatic carbocycles. The smallest absolute Gasteiger partial charge is 0.326 e. The van der Waals surface area contributed by atoms with E-state index in [1.54, 1.807) is 0 Å². The molecular formula is C13H24N4O5. The second-order valence-electron chi connectivity index (χ2n) is 4.86. The molecule has 0 saturated heterocycles. The number of amides is 1. The molecule has 1 amide bonds. The molecule has 0 saturated carbocycles. The Labute approximate surface area is 128 Å². The molecule has 0 radical (unpaired) electrons. The van der Waals surface area contributed by atoms with E-state index in [0.717, 1.165) is 0 Å². The molecule has 1 atom stereocenters. The predicted octanol–water partition coefficient (Wildman–Crippen LogP) is -0.355. The maximum atomic E-state index is 11.6. The van der Waals surface area contributed by atoms with Gasteiger partial charge in [0.25, 0.3) is 0 Å². The minimum Gasteiger partial charge on any atom is -0.481 e. The van der Waals surface area contributed by atoms with E-state index in [9.17, 15) is 14.4 Å². The number of hydrogen-bond acceptors (Lipinski definition) is 4. The Morgan fingerprint density at radius 1 is 1.00 bits per heavy atom. The molecule has 0 bridgehead atoms. The van der Waals surface area contributed by atoms with Gasteiger partial charge in [0.1, 0.15) is 6.04 Å². The Bertz CT molecular complexity index is 407. The predicted molar refractivity (Wildman–Crippen MR) is 80.2 cm³/mol.